The lowest BCUT2D eigenvalue weighted by Gasteiger charge is -2.29. The van der Waals surface area contributed by atoms with Crippen LogP contribution in [0.3, 0.4) is 0 Å². The third-order valence-corrected chi connectivity index (χ3v) is 8.23. The summed E-state index contributed by atoms with van der Waals surface area (Å²) >= 11 is 7.87. The van der Waals surface area contributed by atoms with E-state index in [1.807, 2.05) is 0 Å². The highest BCUT2D eigenvalue weighted by atomic mass is 35.5. The fraction of sp³-hybridized carbons (Fsp3) is 0.133. The van der Waals surface area contributed by atoms with E-state index in [-0.39, 0.29) is 14.9 Å². The van der Waals surface area contributed by atoms with Crippen LogP contribution in [0.2, 0.25) is 4.34 Å². The largest absolute Gasteiger partial charge is 0.300 e. The van der Waals surface area contributed by atoms with Gasteiger partial charge in [-0.25, -0.2) is 13.4 Å². The van der Waals surface area contributed by atoms with Gasteiger partial charge in [-0.15, -0.1) is 11.3 Å². The molecule has 4 rings (SSSR count). The van der Waals surface area contributed by atoms with Crippen molar-refractivity contribution < 1.29 is 18.0 Å². The molecule has 1 aliphatic heterocycles. The molecule has 3 heterocycles. The Balaban J connectivity index is 1.81. The molecule has 0 fully saturated rings. The Kier molecular flexibility index (Phi) is 4.12. The molecule has 2 aromatic heterocycles. The summed E-state index contributed by atoms with van der Waals surface area (Å²) in [5.41, 5.74) is 0. The Labute approximate surface area is 161 Å². The Morgan fingerprint density at radius 3 is 2.73 bits per heavy atom. The number of fused-ring (bicyclic) bond motifs is 3. The summed E-state index contributed by atoms with van der Waals surface area (Å²) in [6.45, 7) is 0. The van der Waals surface area contributed by atoms with E-state index in [9.17, 15) is 18.0 Å². The van der Waals surface area contributed by atoms with Crippen LogP contribution in [0, 0.1) is 0 Å². The highest BCUT2D eigenvalue weighted by molar-refractivity contribution is 7.89. The van der Waals surface area contributed by atoms with Gasteiger partial charge in [0.2, 0.25) is 15.8 Å². The van der Waals surface area contributed by atoms with Gasteiger partial charge >= 0.3 is 0 Å². The van der Waals surface area contributed by atoms with Crippen molar-refractivity contribution >= 4 is 71.2 Å². The SMILES string of the molecule is CN1C(C(=O)Nc2ncc(Cl)s2)C(=O)c2sc3ccccc3c2S1(=O)=O. The van der Waals surface area contributed by atoms with E-state index >= 15 is 0 Å². The molecule has 11 heteroatoms. The molecule has 0 radical (unpaired) electrons. The van der Waals surface area contributed by atoms with E-state index in [0.717, 1.165) is 27.0 Å². The number of ketones is 1. The molecule has 1 aromatic carbocycles. The highest BCUT2D eigenvalue weighted by Crippen LogP contribution is 2.41. The molecule has 3 aromatic rings. The second-order valence-electron chi connectivity index (χ2n) is 5.50. The Bertz CT molecular complexity index is 1170. The van der Waals surface area contributed by atoms with Crippen LogP contribution in [0.25, 0.3) is 10.1 Å². The van der Waals surface area contributed by atoms with Crippen molar-refractivity contribution in [2.24, 2.45) is 0 Å². The van der Waals surface area contributed by atoms with Crippen LogP contribution in [-0.2, 0) is 14.8 Å². The van der Waals surface area contributed by atoms with Gasteiger partial charge in [0.05, 0.1) is 11.1 Å². The number of thiophene rings is 1. The molecule has 1 N–H and O–H groups in total. The zero-order chi connectivity index (χ0) is 18.6. The number of aromatic nitrogens is 1. The molecule has 1 amide bonds. The van der Waals surface area contributed by atoms with E-state index in [0.29, 0.717) is 14.4 Å². The van der Waals surface area contributed by atoms with Crippen LogP contribution < -0.4 is 5.32 Å². The number of carbonyl (C=O) groups excluding carboxylic acids is 2. The molecule has 0 bridgehead atoms. The molecule has 134 valence electrons. The highest BCUT2D eigenvalue weighted by Gasteiger charge is 2.47. The van der Waals surface area contributed by atoms with Gasteiger partial charge in [0.25, 0.3) is 5.91 Å². The van der Waals surface area contributed by atoms with Crippen molar-refractivity contribution in [3.63, 3.8) is 0 Å². The van der Waals surface area contributed by atoms with Crippen molar-refractivity contribution in [3.8, 4) is 0 Å². The van der Waals surface area contributed by atoms with Gasteiger partial charge in [-0.05, 0) is 6.07 Å². The van der Waals surface area contributed by atoms with Gasteiger partial charge in [-0.3, -0.25) is 9.59 Å². The third kappa shape index (κ3) is 2.57. The molecular weight excluding hydrogens is 418 g/mol. The second kappa shape index (κ2) is 6.10. The zero-order valence-electron chi connectivity index (χ0n) is 13.1. The fourth-order valence-electron chi connectivity index (χ4n) is 2.78. The predicted molar refractivity (Wildman–Crippen MR) is 101 cm³/mol. The van der Waals surface area contributed by atoms with E-state index < -0.39 is 27.8 Å². The van der Waals surface area contributed by atoms with Crippen LogP contribution in [0.4, 0.5) is 5.13 Å². The summed E-state index contributed by atoms with van der Waals surface area (Å²) < 4.78 is 27.8. The molecule has 26 heavy (non-hydrogen) atoms. The van der Waals surface area contributed by atoms with Crippen molar-refractivity contribution in [1.29, 1.82) is 0 Å². The minimum Gasteiger partial charge on any atom is -0.300 e. The number of carbonyl (C=O) groups is 2. The number of rotatable bonds is 2. The maximum absolute atomic E-state index is 13.0. The first kappa shape index (κ1) is 17.6. The van der Waals surface area contributed by atoms with Gasteiger partial charge < -0.3 is 5.32 Å². The van der Waals surface area contributed by atoms with Gasteiger partial charge in [0.1, 0.15) is 9.23 Å². The maximum atomic E-state index is 13.0. The van der Waals surface area contributed by atoms with Gasteiger partial charge in [0.15, 0.2) is 11.2 Å². The maximum Gasteiger partial charge on any atom is 0.252 e. The van der Waals surface area contributed by atoms with E-state index in [1.54, 1.807) is 24.3 Å². The minimum atomic E-state index is -4.00. The smallest absolute Gasteiger partial charge is 0.252 e. The molecule has 0 spiro atoms. The fourth-order valence-corrected chi connectivity index (χ4v) is 6.71. The summed E-state index contributed by atoms with van der Waals surface area (Å²) in [6.07, 6.45) is 1.36. The summed E-state index contributed by atoms with van der Waals surface area (Å²) in [6, 6.07) is 5.37. The summed E-state index contributed by atoms with van der Waals surface area (Å²) in [4.78, 5) is 29.5. The summed E-state index contributed by atoms with van der Waals surface area (Å²) in [7, 11) is -2.78. The number of anilines is 1. The molecule has 0 saturated carbocycles. The average molecular weight is 428 g/mol. The number of Topliss-reactive ketones (excluding diaryl/α,β-unsaturated/α-hetero) is 1. The molecule has 1 aliphatic rings. The molecule has 0 saturated heterocycles. The monoisotopic (exact) mass is 427 g/mol. The van der Waals surface area contributed by atoms with Crippen LogP contribution in [0.5, 0.6) is 0 Å². The number of hydrogen-bond acceptors (Lipinski definition) is 7. The summed E-state index contributed by atoms with van der Waals surface area (Å²) in [5.74, 6) is -1.33. The lowest BCUT2D eigenvalue weighted by atomic mass is 10.1. The molecule has 1 unspecified atom stereocenters. The Hall–Kier alpha value is -1.85. The number of likely N-dealkylation sites (N-methyl/N-ethyl adjacent to an activating group) is 1. The van der Waals surface area contributed by atoms with Crippen molar-refractivity contribution in [2.45, 2.75) is 10.9 Å². The predicted octanol–water partition coefficient (Wildman–Crippen LogP) is 2.84. The average Bonchev–Trinajstić information content (AvgIpc) is 3.17. The number of nitrogens with one attached hydrogen (secondary N) is 1. The Morgan fingerprint density at radius 1 is 1.31 bits per heavy atom. The van der Waals surface area contributed by atoms with E-state index in [2.05, 4.69) is 10.3 Å². The minimum absolute atomic E-state index is 0.0352. The first-order valence-corrected chi connectivity index (χ1v) is 10.7. The lowest BCUT2D eigenvalue weighted by molar-refractivity contribution is -0.118. The molecule has 0 aliphatic carbocycles. The van der Waals surface area contributed by atoms with Crippen LogP contribution in [0.1, 0.15) is 9.67 Å². The third-order valence-electron chi connectivity index (χ3n) is 3.98. The molecule has 1 atom stereocenters. The first-order valence-electron chi connectivity index (χ1n) is 7.26. The number of nitrogens with zero attached hydrogens (tertiary/aromatic N) is 2. The van der Waals surface area contributed by atoms with Crippen molar-refractivity contribution in [1.82, 2.24) is 9.29 Å². The Morgan fingerprint density at radius 2 is 2.04 bits per heavy atom. The second-order valence-corrected chi connectivity index (χ2v) is 10.2. The summed E-state index contributed by atoms with van der Waals surface area (Å²) in [5, 5.41) is 3.14. The zero-order valence-corrected chi connectivity index (χ0v) is 16.3. The van der Waals surface area contributed by atoms with Crippen molar-refractivity contribution in [3.05, 3.63) is 39.7 Å². The molecular formula is C15H10ClN3O4S3. The van der Waals surface area contributed by atoms with Gasteiger partial charge in [-0.1, -0.05) is 41.1 Å². The lowest BCUT2D eigenvalue weighted by Crippen LogP contribution is -2.52. The van der Waals surface area contributed by atoms with Gasteiger partial charge in [-0.2, -0.15) is 4.31 Å². The van der Waals surface area contributed by atoms with Crippen molar-refractivity contribution in [2.75, 3.05) is 12.4 Å². The first-order chi connectivity index (χ1) is 12.3. The van der Waals surface area contributed by atoms with Crippen LogP contribution >= 0.6 is 34.3 Å². The number of thiazole rings is 1. The number of amides is 1. The van der Waals surface area contributed by atoms with Crippen LogP contribution in [-0.4, -0.2) is 42.5 Å². The van der Waals surface area contributed by atoms with E-state index in [1.165, 1.54) is 13.2 Å². The quantitative estimate of drug-likeness (QED) is 0.634. The number of hydrogen-bond donors (Lipinski definition) is 1. The molecule has 7 nitrogen and oxygen atoms in total. The number of halogens is 1. The number of benzene rings is 1. The standard InChI is InChI=1S/C15H10ClN3O4S3/c1-19-10(14(21)18-15-17-6-9(16)25-15)11(20)12-13(26(19,22)23)7-4-2-3-5-8(7)24-12/h2-6,10H,1H3,(H,17,18,21). The normalized spacial score (nSPS) is 19.5. The number of sulfonamides is 1. The topological polar surface area (TPSA) is 96.4 Å². The van der Waals surface area contributed by atoms with E-state index in [4.69, 9.17) is 11.6 Å². The van der Waals surface area contributed by atoms with Gasteiger partial charge in [0, 0.05) is 17.1 Å². The van der Waals surface area contributed by atoms with Crippen LogP contribution in [0.15, 0.2) is 35.4 Å².